The monoisotopic (exact) mass is 203 g/mol. The number of nitrogens with zero attached hydrogens (tertiary/aromatic N) is 1. The second-order valence-corrected chi connectivity index (χ2v) is 4.48. The van der Waals surface area contributed by atoms with Crippen molar-refractivity contribution in [2.24, 2.45) is 5.92 Å². The van der Waals surface area contributed by atoms with Crippen LogP contribution in [-0.2, 0) is 4.79 Å². The molecule has 2 atom stereocenters. The van der Waals surface area contributed by atoms with Crippen LogP contribution >= 0.6 is 22.9 Å². The summed E-state index contributed by atoms with van der Waals surface area (Å²) in [6, 6.07) is 0. The number of halogens is 1. The molecule has 0 radical (unpaired) electrons. The van der Waals surface area contributed by atoms with Gasteiger partial charge in [-0.2, -0.15) is 0 Å². The van der Waals surface area contributed by atoms with Gasteiger partial charge in [-0.25, -0.2) is 4.98 Å². The highest BCUT2D eigenvalue weighted by molar-refractivity contribution is 7.15. The second kappa shape index (κ2) is 2.71. The molecule has 0 saturated heterocycles. The van der Waals surface area contributed by atoms with Crippen molar-refractivity contribution < 1.29 is 9.90 Å². The molecule has 64 valence electrons. The molecular formula is C7H6ClNO2S. The third kappa shape index (κ3) is 1.32. The van der Waals surface area contributed by atoms with Crippen LogP contribution in [0.5, 0.6) is 0 Å². The first-order chi connectivity index (χ1) is 5.68. The number of rotatable bonds is 2. The van der Waals surface area contributed by atoms with E-state index in [1.54, 1.807) is 6.20 Å². The average molecular weight is 204 g/mol. The molecule has 1 aromatic heterocycles. The van der Waals surface area contributed by atoms with Gasteiger partial charge in [0.2, 0.25) is 0 Å². The summed E-state index contributed by atoms with van der Waals surface area (Å²) < 4.78 is 0.626. The standard InChI is InChI=1S/C7H6ClNO2S/c8-5-2-9-6(12-5)3-1-4(3)7(10)11/h2-4H,1H2,(H,10,11). The number of aromatic nitrogens is 1. The Kier molecular flexibility index (Phi) is 1.81. The Morgan fingerprint density at radius 2 is 2.58 bits per heavy atom. The maximum atomic E-state index is 10.5. The minimum atomic E-state index is -0.730. The molecule has 5 heteroatoms. The fourth-order valence-electron chi connectivity index (χ4n) is 1.18. The van der Waals surface area contributed by atoms with Gasteiger partial charge in [-0.05, 0) is 6.42 Å². The van der Waals surface area contributed by atoms with Crippen LogP contribution in [0.15, 0.2) is 6.20 Å². The number of carbonyl (C=O) groups is 1. The lowest BCUT2D eigenvalue weighted by molar-refractivity contribution is -0.138. The van der Waals surface area contributed by atoms with Crippen LogP contribution in [0.1, 0.15) is 17.3 Å². The van der Waals surface area contributed by atoms with Gasteiger partial charge in [0.1, 0.15) is 4.34 Å². The number of aliphatic carboxylic acids is 1. The van der Waals surface area contributed by atoms with Crippen LogP contribution in [0, 0.1) is 5.92 Å². The van der Waals surface area contributed by atoms with E-state index < -0.39 is 5.97 Å². The van der Waals surface area contributed by atoms with Gasteiger partial charge >= 0.3 is 5.97 Å². The molecule has 1 fully saturated rings. The maximum absolute atomic E-state index is 10.5. The molecule has 1 aliphatic rings. The van der Waals surface area contributed by atoms with Crippen LogP contribution in [0.4, 0.5) is 0 Å². The lowest BCUT2D eigenvalue weighted by Gasteiger charge is -1.87. The van der Waals surface area contributed by atoms with Crippen molar-refractivity contribution in [2.75, 3.05) is 0 Å². The predicted octanol–water partition coefficient (Wildman–Crippen LogP) is 1.98. The highest BCUT2D eigenvalue weighted by Gasteiger charge is 2.46. The molecule has 12 heavy (non-hydrogen) atoms. The summed E-state index contributed by atoms with van der Waals surface area (Å²) in [5.74, 6) is -0.849. The first-order valence-electron chi connectivity index (χ1n) is 3.52. The minimum absolute atomic E-state index is 0.111. The fraction of sp³-hybridized carbons (Fsp3) is 0.429. The minimum Gasteiger partial charge on any atom is -0.481 e. The van der Waals surface area contributed by atoms with Crippen LogP contribution < -0.4 is 0 Å². The molecule has 2 unspecified atom stereocenters. The van der Waals surface area contributed by atoms with Gasteiger partial charge in [0.25, 0.3) is 0 Å². The Morgan fingerprint density at radius 3 is 3.00 bits per heavy atom. The Bertz CT molecular complexity index is 325. The molecule has 0 aromatic carbocycles. The summed E-state index contributed by atoms with van der Waals surface area (Å²) in [5.41, 5.74) is 0. The van der Waals surface area contributed by atoms with Crippen molar-refractivity contribution in [3.63, 3.8) is 0 Å². The Balaban J connectivity index is 2.10. The smallest absolute Gasteiger partial charge is 0.307 e. The van der Waals surface area contributed by atoms with Crippen LogP contribution in [0.2, 0.25) is 4.34 Å². The van der Waals surface area contributed by atoms with E-state index in [-0.39, 0.29) is 11.8 Å². The predicted molar refractivity (Wildman–Crippen MR) is 45.6 cm³/mol. The molecule has 3 nitrogen and oxygen atoms in total. The van der Waals surface area contributed by atoms with Crippen molar-refractivity contribution in [2.45, 2.75) is 12.3 Å². The molecule has 1 heterocycles. The third-order valence-electron chi connectivity index (χ3n) is 1.92. The Labute approximate surface area is 78.0 Å². The first-order valence-corrected chi connectivity index (χ1v) is 4.72. The maximum Gasteiger partial charge on any atom is 0.307 e. The molecule has 0 spiro atoms. The topological polar surface area (TPSA) is 50.2 Å². The summed E-state index contributed by atoms with van der Waals surface area (Å²) in [5, 5.41) is 9.49. The number of thiazole rings is 1. The van der Waals surface area contributed by atoms with Crippen molar-refractivity contribution in [3.8, 4) is 0 Å². The van der Waals surface area contributed by atoms with E-state index in [9.17, 15) is 4.79 Å². The molecule has 1 N–H and O–H groups in total. The lowest BCUT2D eigenvalue weighted by Crippen LogP contribution is -1.98. The van der Waals surface area contributed by atoms with Gasteiger partial charge in [-0.15, -0.1) is 11.3 Å². The van der Waals surface area contributed by atoms with Crippen LogP contribution in [0.25, 0.3) is 0 Å². The van der Waals surface area contributed by atoms with E-state index in [1.807, 2.05) is 0 Å². The summed E-state index contributed by atoms with van der Waals surface area (Å²) >= 11 is 7.04. The summed E-state index contributed by atoms with van der Waals surface area (Å²) in [6.45, 7) is 0. The molecule has 0 bridgehead atoms. The molecule has 1 saturated carbocycles. The highest BCUT2D eigenvalue weighted by Crippen LogP contribution is 2.49. The number of carboxylic acids is 1. The quantitative estimate of drug-likeness (QED) is 0.800. The molecule has 0 aliphatic heterocycles. The van der Waals surface area contributed by atoms with E-state index in [4.69, 9.17) is 16.7 Å². The SMILES string of the molecule is O=C(O)C1CC1c1ncc(Cl)s1. The van der Waals surface area contributed by atoms with E-state index in [0.29, 0.717) is 10.8 Å². The van der Waals surface area contributed by atoms with Crippen molar-refractivity contribution >= 4 is 28.9 Å². The van der Waals surface area contributed by atoms with E-state index in [1.165, 1.54) is 11.3 Å². The summed E-state index contributed by atoms with van der Waals surface area (Å²) in [4.78, 5) is 14.5. The molecular weight excluding hydrogens is 198 g/mol. The van der Waals surface area contributed by atoms with Crippen molar-refractivity contribution in [1.82, 2.24) is 4.98 Å². The zero-order chi connectivity index (χ0) is 8.72. The van der Waals surface area contributed by atoms with E-state index in [2.05, 4.69) is 4.98 Å². The molecule has 2 rings (SSSR count). The normalized spacial score (nSPS) is 27.1. The number of hydrogen-bond donors (Lipinski definition) is 1. The first kappa shape index (κ1) is 8.01. The average Bonchev–Trinajstić information content (AvgIpc) is 2.70. The highest BCUT2D eigenvalue weighted by atomic mass is 35.5. The molecule has 0 amide bonds. The van der Waals surface area contributed by atoms with E-state index >= 15 is 0 Å². The van der Waals surface area contributed by atoms with E-state index in [0.717, 1.165) is 5.01 Å². The Hall–Kier alpha value is -0.610. The van der Waals surface area contributed by atoms with Crippen LogP contribution in [0.3, 0.4) is 0 Å². The van der Waals surface area contributed by atoms with Gasteiger partial charge in [-0.1, -0.05) is 11.6 Å². The zero-order valence-electron chi connectivity index (χ0n) is 6.03. The number of hydrogen-bond acceptors (Lipinski definition) is 3. The largest absolute Gasteiger partial charge is 0.481 e. The van der Waals surface area contributed by atoms with Gasteiger partial charge in [0, 0.05) is 5.92 Å². The Morgan fingerprint density at radius 1 is 1.83 bits per heavy atom. The third-order valence-corrected chi connectivity index (χ3v) is 3.17. The fourth-order valence-corrected chi connectivity index (χ4v) is 2.29. The summed E-state index contributed by atoms with van der Waals surface area (Å²) in [6.07, 6.45) is 2.28. The van der Waals surface area contributed by atoms with Gasteiger partial charge in [0.15, 0.2) is 0 Å². The second-order valence-electron chi connectivity index (χ2n) is 2.79. The number of carboxylic acid groups (broad SMARTS) is 1. The molecule has 1 aromatic rings. The summed E-state index contributed by atoms with van der Waals surface area (Å²) in [7, 11) is 0. The lowest BCUT2D eigenvalue weighted by atomic mass is 10.3. The van der Waals surface area contributed by atoms with Gasteiger partial charge in [-0.3, -0.25) is 4.79 Å². The van der Waals surface area contributed by atoms with Crippen LogP contribution in [-0.4, -0.2) is 16.1 Å². The molecule has 1 aliphatic carbocycles. The van der Waals surface area contributed by atoms with Crippen molar-refractivity contribution in [1.29, 1.82) is 0 Å². The van der Waals surface area contributed by atoms with Gasteiger partial charge < -0.3 is 5.11 Å². The zero-order valence-corrected chi connectivity index (χ0v) is 7.60. The van der Waals surface area contributed by atoms with Gasteiger partial charge in [0.05, 0.1) is 17.1 Å². The van der Waals surface area contributed by atoms with Crippen molar-refractivity contribution in [3.05, 3.63) is 15.5 Å².